The molecule has 0 fully saturated rings. The van der Waals surface area contributed by atoms with Crippen molar-refractivity contribution in [2.45, 2.75) is 6.54 Å². The van der Waals surface area contributed by atoms with E-state index in [9.17, 15) is 0 Å². The predicted molar refractivity (Wildman–Crippen MR) is 90.8 cm³/mol. The Labute approximate surface area is 130 Å². The lowest BCUT2D eigenvalue weighted by molar-refractivity contribution is 0.464. The second-order valence-electron chi connectivity index (χ2n) is 4.45. The molecule has 0 radical (unpaired) electrons. The van der Waals surface area contributed by atoms with Gasteiger partial charge in [-0.2, -0.15) is 11.8 Å². The van der Waals surface area contributed by atoms with Gasteiger partial charge in [0.05, 0.1) is 11.6 Å². The van der Waals surface area contributed by atoms with E-state index in [0.29, 0.717) is 0 Å². The lowest BCUT2D eigenvalue weighted by atomic mass is 10.4. The number of thioether (sulfide) groups is 1. The minimum absolute atomic E-state index is 0.764. The molecule has 1 N–H and O–H groups in total. The Morgan fingerprint density at radius 3 is 2.95 bits per heavy atom. The number of hydrogen-bond donors (Lipinski definition) is 1. The number of guanidine groups is 1. The Hall–Kier alpha value is -1.07. The van der Waals surface area contributed by atoms with Gasteiger partial charge in [-0.05, 0) is 6.07 Å². The van der Waals surface area contributed by atoms with E-state index >= 15 is 0 Å². The van der Waals surface area contributed by atoms with Crippen molar-refractivity contribution in [1.82, 2.24) is 14.8 Å². The summed E-state index contributed by atoms with van der Waals surface area (Å²) < 4.78 is 2.03. The molecule has 0 unspecified atom stereocenters. The van der Waals surface area contributed by atoms with Crippen molar-refractivity contribution in [3.8, 4) is 0 Å². The van der Waals surface area contributed by atoms with Crippen LogP contribution in [0.25, 0.3) is 0 Å². The van der Waals surface area contributed by atoms with Crippen molar-refractivity contribution in [3.05, 3.63) is 35.6 Å². The molecule has 0 aliphatic carbocycles. The average molecular weight is 315 g/mol. The molecule has 0 spiro atoms. The maximum absolute atomic E-state index is 6.00. The number of nitrogens with zero attached hydrogens (tertiary/aromatic N) is 3. The molecule has 20 heavy (non-hydrogen) atoms. The van der Waals surface area contributed by atoms with Crippen molar-refractivity contribution in [1.29, 1.82) is 0 Å². The van der Waals surface area contributed by atoms with Gasteiger partial charge in [0.1, 0.15) is 0 Å². The number of aryl methyl sites for hydroxylation is 1. The fourth-order valence-electron chi connectivity index (χ4n) is 1.83. The van der Waals surface area contributed by atoms with Gasteiger partial charge < -0.3 is 14.8 Å². The topological polar surface area (TPSA) is 32.6 Å². The number of aromatic nitrogens is 1. The van der Waals surface area contributed by atoms with Crippen molar-refractivity contribution < 1.29 is 0 Å². The molecule has 1 aromatic rings. The molecule has 1 rings (SSSR count). The Morgan fingerprint density at radius 1 is 1.65 bits per heavy atom. The van der Waals surface area contributed by atoms with E-state index in [4.69, 9.17) is 11.6 Å². The Kier molecular flexibility index (Phi) is 7.62. The van der Waals surface area contributed by atoms with Gasteiger partial charge in [0.2, 0.25) is 0 Å². The summed E-state index contributed by atoms with van der Waals surface area (Å²) in [4.78, 5) is 6.39. The molecular weight excluding hydrogens is 292 g/mol. The van der Waals surface area contributed by atoms with E-state index in [0.717, 1.165) is 41.3 Å². The standard InChI is InChI=1S/C14H23ClN4S/c1-5-7-20-8-6-17-14(16-2)19(4)11-13-9-12(15)10-18(13)3/h5,9-10H,1,6-8,11H2,2-4H3,(H,16,17). The zero-order chi connectivity index (χ0) is 15.0. The van der Waals surface area contributed by atoms with Crippen molar-refractivity contribution in [2.24, 2.45) is 12.0 Å². The quantitative estimate of drug-likeness (QED) is 0.363. The van der Waals surface area contributed by atoms with Gasteiger partial charge >= 0.3 is 0 Å². The van der Waals surface area contributed by atoms with Crippen molar-refractivity contribution in [3.63, 3.8) is 0 Å². The van der Waals surface area contributed by atoms with Crippen LogP contribution in [0, 0.1) is 0 Å². The maximum Gasteiger partial charge on any atom is 0.193 e. The van der Waals surface area contributed by atoms with Crippen molar-refractivity contribution in [2.75, 3.05) is 32.1 Å². The normalized spacial score (nSPS) is 11.5. The first-order chi connectivity index (χ1) is 9.58. The zero-order valence-electron chi connectivity index (χ0n) is 12.4. The molecule has 112 valence electrons. The van der Waals surface area contributed by atoms with Gasteiger partial charge in [-0.25, -0.2) is 0 Å². The summed E-state index contributed by atoms with van der Waals surface area (Å²) in [6.07, 6.45) is 3.83. The summed E-state index contributed by atoms with van der Waals surface area (Å²) in [5.41, 5.74) is 1.15. The molecule has 0 saturated carbocycles. The highest BCUT2D eigenvalue weighted by atomic mass is 35.5. The fraction of sp³-hybridized carbons (Fsp3) is 0.500. The number of rotatable bonds is 7. The Morgan fingerprint density at radius 2 is 2.40 bits per heavy atom. The first-order valence-electron chi connectivity index (χ1n) is 6.49. The monoisotopic (exact) mass is 314 g/mol. The van der Waals surface area contributed by atoms with Crippen LogP contribution in [0.3, 0.4) is 0 Å². The molecule has 0 atom stereocenters. The third-order valence-electron chi connectivity index (χ3n) is 2.81. The molecule has 4 nitrogen and oxygen atoms in total. The van der Waals surface area contributed by atoms with Gasteiger partial charge in [0, 0.05) is 51.1 Å². The highest BCUT2D eigenvalue weighted by Crippen LogP contribution is 2.14. The van der Waals surface area contributed by atoms with Gasteiger partial charge in [-0.3, -0.25) is 4.99 Å². The lowest BCUT2D eigenvalue weighted by Crippen LogP contribution is -2.39. The molecule has 0 aliphatic heterocycles. The minimum atomic E-state index is 0.764. The SMILES string of the molecule is C=CCSCCNC(=NC)N(C)Cc1cc(Cl)cn1C. The summed E-state index contributed by atoms with van der Waals surface area (Å²) in [5.74, 6) is 2.91. The smallest absolute Gasteiger partial charge is 0.193 e. The van der Waals surface area contributed by atoms with Gasteiger partial charge in [0.15, 0.2) is 5.96 Å². The first-order valence-corrected chi connectivity index (χ1v) is 8.03. The third kappa shape index (κ3) is 5.51. The third-order valence-corrected chi connectivity index (χ3v) is 3.98. The number of aliphatic imine (C=N–C) groups is 1. The lowest BCUT2D eigenvalue weighted by Gasteiger charge is -2.22. The van der Waals surface area contributed by atoms with Crippen LogP contribution in [0.5, 0.6) is 0 Å². The second-order valence-corrected chi connectivity index (χ2v) is 6.04. The van der Waals surface area contributed by atoms with Crippen LogP contribution in [0.15, 0.2) is 29.9 Å². The summed E-state index contributed by atoms with van der Waals surface area (Å²) >= 11 is 7.85. The summed E-state index contributed by atoms with van der Waals surface area (Å²) in [5, 5.41) is 4.12. The number of nitrogens with one attached hydrogen (secondary N) is 1. The van der Waals surface area contributed by atoms with E-state index in [-0.39, 0.29) is 0 Å². The van der Waals surface area contributed by atoms with Gasteiger partial charge in [0.25, 0.3) is 0 Å². The molecule has 0 saturated heterocycles. The van der Waals surface area contributed by atoms with E-state index in [1.54, 1.807) is 7.05 Å². The first kappa shape index (κ1) is 17.0. The highest BCUT2D eigenvalue weighted by molar-refractivity contribution is 7.99. The predicted octanol–water partition coefficient (Wildman–Crippen LogP) is 2.60. The molecule has 1 aromatic heterocycles. The van der Waals surface area contributed by atoms with Crippen LogP contribution in [0.4, 0.5) is 0 Å². The molecule has 0 aliphatic rings. The Bertz CT molecular complexity index is 456. The summed E-state index contributed by atoms with van der Waals surface area (Å²) in [6.45, 7) is 5.37. The molecule has 6 heteroatoms. The van der Waals surface area contributed by atoms with Gasteiger partial charge in [-0.15, -0.1) is 6.58 Å². The fourth-order valence-corrected chi connectivity index (χ4v) is 2.68. The Balaban J connectivity index is 2.45. The zero-order valence-corrected chi connectivity index (χ0v) is 14.0. The van der Waals surface area contributed by atoms with E-state index < -0.39 is 0 Å². The van der Waals surface area contributed by atoms with E-state index in [2.05, 4.69) is 21.8 Å². The van der Waals surface area contributed by atoms with Crippen LogP contribution in [0.1, 0.15) is 5.69 Å². The minimum Gasteiger partial charge on any atom is -0.355 e. The van der Waals surface area contributed by atoms with E-state index in [1.807, 2.05) is 48.8 Å². The van der Waals surface area contributed by atoms with Crippen LogP contribution in [0.2, 0.25) is 5.02 Å². The van der Waals surface area contributed by atoms with Crippen LogP contribution >= 0.6 is 23.4 Å². The van der Waals surface area contributed by atoms with E-state index in [1.165, 1.54) is 0 Å². The summed E-state index contributed by atoms with van der Waals surface area (Å²) in [6, 6.07) is 1.98. The number of halogens is 1. The molecular formula is C14H23ClN4S. The van der Waals surface area contributed by atoms with Crippen LogP contribution < -0.4 is 5.32 Å². The molecule has 0 aromatic carbocycles. The maximum atomic E-state index is 6.00. The highest BCUT2D eigenvalue weighted by Gasteiger charge is 2.09. The van der Waals surface area contributed by atoms with Crippen molar-refractivity contribution >= 4 is 29.3 Å². The van der Waals surface area contributed by atoms with Gasteiger partial charge in [-0.1, -0.05) is 17.7 Å². The molecule has 1 heterocycles. The second kappa shape index (κ2) is 8.97. The largest absolute Gasteiger partial charge is 0.355 e. The average Bonchev–Trinajstić information content (AvgIpc) is 2.72. The molecule has 0 amide bonds. The summed E-state index contributed by atoms with van der Waals surface area (Å²) in [7, 11) is 5.82. The molecule has 0 bridgehead atoms. The van der Waals surface area contributed by atoms with Crippen LogP contribution in [-0.4, -0.2) is 47.6 Å². The van der Waals surface area contributed by atoms with Crippen LogP contribution in [-0.2, 0) is 13.6 Å². The number of hydrogen-bond acceptors (Lipinski definition) is 2.